The Kier molecular flexibility index (Phi) is 6.59. The zero-order valence-corrected chi connectivity index (χ0v) is 25.3. The van der Waals surface area contributed by atoms with Gasteiger partial charge in [0.1, 0.15) is 5.82 Å². The molecule has 1 aromatic carbocycles. The second-order valence-corrected chi connectivity index (χ2v) is 14.9. The SMILES string of the molecule is C=S(=O)(c1ccn(C)n1)N(CC)[C@H]1CCC2=Cc3c(cnn3-c3ccc(F)cc3)C[C@]2(C(=O)c2ncc(C3CC3)s2)C1. The molecule has 3 atom stereocenters. The standard InChI is InChI=1S/C31H33FN6O2S2/c1-4-37(42(3,40)28-13-14-36(2)35-28)25-10-7-22-15-26-21(18-34-38(26)24-11-8-23(32)9-12-24)16-31(22,17-25)29(39)30-33-19-27(41-30)20-5-6-20/h8-9,11-15,18-20,25H,3-7,10,16-17H2,1-2H3/t25-,31-,42?/m0/s1. The van der Waals surface area contributed by atoms with Crippen molar-refractivity contribution in [3.63, 3.8) is 0 Å². The van der Waals surface area contributed by atoms with Crippen molar-refractivity contribution in [3.05, 3.63) is 81.5 Å². The number of benzene rings is 1. The first-order valence-corrected chi connectivity index (χ1v) is 16.9. The van der Waals surface area contributed by atoms with E-state index in [2.05, 4.69) is 27.1 Å². The number of nitrogens with zero attached hydrogens (tertiary/aromatic N) is 6. The van der Waals surface area contributed by atoms with Crippen LogP contribution in [-0.4, -0.2) is 57.3 Å². The quantitative estimate of drug-likeness (QED) is 0.197. The van der Waals surface area contributed by atoms with Gasteiger partial charge in [-0.05, 0) is 92.3 Å². The van der Waals surface area contributed by atoms with Gasteiger partial charge in [-0.15, -0.1) is 11.3 Å². The van der Waals surface area contributed by atoms with Gasteiger partial charge in [-0.2, -0.15) is 10.2 Å². The number of thiazole rings is 1. The molecule has 2 saturated carbocycles. The third-order valence-corrected chi connectivity index (χ3v) is 12.3. The molecule has 7 rings (SSSR count). The fraction of sp³-hybridized carbons (Fsp3) is 0.387. The van der Waals surface area contributed by atoms with E-state index in [1.54, 1.807) is 36.1 Å². The Morgan fingerprint density at radius 1 is 1.21 bits per heavy atom. The second kappa shape index (κ2) is 10.1. The van der Waals surface area contributed by atoms with Gasteiger partial charge in [0.25, 0.3) is 0 Å². The van der Waals surface area contributed by atoms with Gasteiger partial charge < -0.3 is 0 Å². The monoisotopic (exact) mass is 604 g/mol. The van der Waals surface area contributed by atoms with Crippen molar-refractivity contribution in [1.29, 1.82) is 0 Å². The highest BCUT2D eigenvalue weighted by Crippen LogP contribution is 2.52. The molecule has 1 unspecified atom stereocenters. The molecule has 0 bridgehead atoms. The van der Waals surface area contributed by atoms with E-state index in [4.69, 9.17) is 0 Å². The number of hydrogen-bond acceptors (Lipinski definition) is 6. The third kappa shape index (κ3) is 4.49. The molecule has 0 N–H and O–H groups in total. The van der Waals surface area contributed by atoms with Crippen LogP contribution in [-0.2, 0) is 23.2 Å². The molecule has 4 aromatic rings. The van der Waals surface area contributed by atoms with Crippen molar-refractivity contribution in [2.75, 3.05) is 6.54 Å². The van der Waals surface area contributed by atoms with E-state index in [1.165, 1.54) is 28.3 Å². The Hall–Kier alpha value is -3.41. The van der Waals surface area contributed by atoms with E-state index in [0.717, 1.165) is 41.8 Å². The van der Waals surface area contributed by atoms with Crippen molar-refractivity contribution < 1.29 is 13.4 Å². The number of aromatic nitrogens is 5. The Balaban J connectivity index is 1.30. The molecule has 0 aliphatic heterocycles. The minimum absolute atomic E-state index is 0.0278. The van der Waals surface area contributed by atoms with Crippen LogP contribution in [0.4, 0.5) is 4.39 Å². The molecule has 42 heavy (non-hydrogen) atoms. The first-order chi connectivity index (χ1) is 20.2. The summed E-state index contributed by atoms with van der Waals surface area (Å²) in [5, 5.41) is 10.1. The summed E-state index contributed by atoms with van der Waals surface area (Å²) in [7, 11) is -1.07. The van der Waals surface area contributed by atoms with Crippen molar-refractivity contribution in [3.8, 4) is 5.69 Å². The maximum absolute atomic E-state index is 14.6. The molecule has 0 amide bonds. The molecule has 3 aromatic heterocycles. The van der Waals surface area contributed by atoms with Crippen LogP contribution in [0.2, 0.25) is 0 Å². The number of hydrogen-bond donors (Lipinski definition) is 0. The van der Waals surface area contributed by atoms with Crippen LogP contribution in [0.1, 0.15) is 70.9 Å². The smallest absolute Gasteiger partial charge is 0.201 e. The average Bonchev–Trinajstić information content (AvgIpc) is 3.34. The van der Waals surface area contributed by atoms with Crippen molar-refractivity contribution in [1.82, 2.24) is 28.9 Å². The highest BCUT2D eigenvalue weighted by Gasteiger charge is 2.51. The van der Waals surface area contributed by atoms with Crippen LogP contribution in [0.5, 0.6) is 0 Å². The van der Waals surface area contributed by atoms with Gasteiger partial charge in [0, 0.05) is 36.9 Å². The van der Waals surface area contributed by atoms with E-state index < -0.39 is 15.1 Å². The molecule has 11 heteroatoms. The van der Waals surface area contributed by atoms with Gasteiger partial charge in [-0.3, -0.25) is 9.48 Å². The van der Waals surface area contributed by atoms with Crippen LogP contribution in [0.3, 0.4) is 0 Å². The Morgan fingerprint density at radius 2 is 2.00 bits per heavy atom. The lowest BCUT2D eigenvalue weighted by atomic mass is 9.61. The van der Waals surface area contributed by atoms with E-state index in [1.807, 2.05) is 28.3 Å². The lowest BCUT2D eigenvalue weighted by Crippen LogP contribution is -2.50. The molecule has 0 spiro atoms. The molecule has 0 saturated heterocycles. The number of carbonyl (C=O) groups is 1. The first-order valence-electron chi connectivity index (χ1n) is 14.4. The lowest BCUT2D eigenvalue weighted by Gasteiger charge is -2.46. The maximum Gasteiger partial charge on any atom is 0.201 e. The minimum Gasteiger partial charge on any atom is -0.290 e. The normalized spacial score (nSPS) is 23.2. The number of halogens is 1. The topological polar surface area (TPSA) is 85.9 Å². The first kappa shape index (κ1) is 27.4. The Labute approximate surface area is 249 Å². The van der Waals surface area contributed by atoms with Gasteiger partial charge in [-0.1, -0.05) is 12.5 Å². The minimum atomic E-state index is -2.87. The van der Waals surface area contributed by atoms with Crippen molar-refractivity contribution in [2.24, 2.45) is 12.5 Å². The predicted molar refractivity (Wildman–Crippen MR) is 163 cm³/mol. The zero-order valence-electron chi connectivity index (χ0n) is 23.7. The Bertz CT molecular complexity index is 1820. The number of allylic oxidation sites excluding steroid dienone is 1. The summed E-state index contributed by atoms with van der Waals surface area (Å²) in [6, 6.07) is 7.90. The van der Waals surface area contributed by atoms with E-state index in [0.29, 0.717) is 41.8 Å². The van der Waals surface area contributed by atoms with Crippen LogP contribution < -0.4 is 0 Å². The third-order valence-electron chi connectivity index (χ3n) is 8.95. The Morgan fingerprint density at radius 3 is 2.69 bits per heavy atom. The summed E-state index contributed by atoms with van der Waals surface area (Å²) >= 11 is 1.52. The number of aryl methyl sites for hydroxylation is 1. The fourth-order valence-corrected chi connectivity index (χ4v) is 9.64. The largest absolute Gasteiger partial charge is 0.290 e. The summed E-state index contributed by atoms with van der Waals surface area (Å²) in [6.45, 7) is 2.51. The lowest BCUT2D eigenvalue weighted by molar-refractivity contribution is 0.0747. The van der Waals surface area contributed by atoms with Crippen molar-refractivity contribution >= 4 is 38.8 Å². The zero-order chi connectivity index (χ0) is 29.2. The highest BCUT2D eigenvalue weighted by molar-refractivity contribution is 7.98. The van der Waals surface area contributed by atoms with Gasteiger partial charge in [0.15, 0.2) is 10.0 Å². The van der Waals surface area contributed by atoms with Gasteiger partial charge in [-0.25, -0.2) is 22.6 Å². The van der Waals surface area contributed by atoms with Crippen LogP contribution in [0, 0.1) is 11.2 Å². The van der Waals surface area contributed by atoms with E-state index in [9.17, 15) is 13.4 Å². The summed E-state index contributed by atoms with van der Waals surface area (Å²) in [6.07, 6.45) is 12.3. The predicted octanol–water partition coefficient (Wildman–Crippen LogP) is 5.45. The van der Waals surface area contributed by atoms with E-state index >= 15 is 0 Å². The molecular weight excluding hydrogens is 572 g/mol. The summed E-state index contributed by atoms with van der Waals surface area (Å²) in [5.41, 5.74) is 2.85. The maximum atomic E-state index is 14.6. The molecule has 3 aliphatic rings. The number of Topliss-reactive ketones (excluding diaryl/α,β-unsaturated/α-hetero) is 1. The number of carbonyl (C=O) groups excluding carboxylic acids is 1. The molecule has 8 nitrogen and oxygen atoms in total. The number of rotatable bonds is 8. The number of fused-ring (bicyclic) bond motifs is 2. The van der Waals surface area contributed by atoms with Crippen LogP contribution in [0.25, 0.3) is 11.8 Å². The molecule has 2 fully saturated rings. The number of ketones is 1. The van der Waals surface area contributed by atoms with Crippen molar-refractivity contribution in [2.45, 2.75) is 62.4 Å². The van der Waals surface area contributed by atoms with E-state index in [-0.39, 0.29) is 17.6 Å². The van der Waals surface area contributed by atoms with Gasteiger partial charge in [0.05, 0.1) is 32.7 Å². The molecule has 3 heterocycles. The second-order valence-electron chi connectivity index (χ2n) is 11.6. The van der Waals surface area contributed by atoms with Crippen LogP contribution >= 0.6 is 11.3 Å². The molecule has 3 aliphatic carbocycles. The highest BCUT2D eigenvalue weighted by atomic mass is 32.2. The summed E-state index contributed by atoms with van der Waals surface area (Å²) in [4.78, 5) is 20.4. The summed E-state index contributed by atoms with van der Waals surface area (Å²) < 4.78 is 33.3. The van der Waals surface area contributed by atoms with Gasteiger partial charge in [0.2, 0.25) is 5.78 Å². The fourth-order valence-electron chi connectivity index (χ4n) is 6.66. The molecular formula is C31H33FN6O2S2. The summed E-state index contributed by atoms with van der Waals surface area (Å²) in [5.74, 6) is 4.41. The van der Waals surface area contributed by atoms with Gasteiger partial charge >= 0.3 is 0 Å². The molecule has 0 radical (unpaired) electrons. The van der Waals surface area contributed by atoms with Crippen LogP contribution in [0.15, 0.2) is 59.5 Å². The average molecular weight is 605 g/mol. The molecule has 218 valence electrons.